The van der Waals surface area contributed by atoms with Crippen molar-refractivity contribution in [3.63, 3.8) is 0 Å². The summed E-state index contributed by atoms with van der Waals surface area (Å²) >= 11 is 0. The number of esters is 1. The number of piperidine rings is 1. The Bertz CT molecular complexity index is 1490. The normalized spacial score (nSPS) is 27.4. The number of cyclic esters (lactones) is 1. The monoisotopic (exact) mass is 634 g/mol. The lowest BCUT2D eigenvalue weighted by Crippen LogP contribution is -2.61. The SMILES string of the molecule is COCN1CCC2(/C=C/c3ccc4ccc(nc4c3)[C@@H](C)OC(=O)[C@@H]3CCCN(N3)C(=O)[C@H](C)NC(=O)[C@H](C(C)C)NC2=O)CC1. The van der Waals surface area contributed by atoms with E-state index in [1.54, 1.807) is 21.0 Å². The van der Waals surface area contributed by atoms with E-state index < -0.39 is 41.5 Å². The molecule has 5 rings (SSSR count). The van der Waals surface area contributed by atoms with Crippen LogP contribution in [-0.2, 0) is 28.7 Å². The number of pyridine rings is 1. The minimum Gasteiger partial charge on any atom is -0.455 e. The van der Waals surface area contributed by atoms with Crippen LogP contribution in [0.2, 0.25) is 0 Å². The number of nitrogens with one attached hydrogen (secondary N) is 3. The predicted octanol–water partition coefficient (Wildman–Crippen LogP) is 2.69. The molecular formula is C34H46N6O6. The number of hydrazine groups is 1. The highest BCUT2D eigenvalue weighted by molar-refractivity contribution is 5.94. The molecule has 46 heavy (non-hydrogen) atoms. The van der Waals surface area contributed by atoms with Gasteiger partial charge in [0.1, 0.15) is 24.2 Å². The van der Waals surface area contributed by atoms with Crippen LogP contribution >= 0.6 is 0 Å². The Labute approximate surface area is 270 Å². The number of aromatic nitrogens is 1. The Kier molecular flexibility index (Phi) is 10.4. The topological polar surface area (TPSA) is 142 Å². The van der Waals surface area contributed by atoms with E-state index >= 15 is 0 Å². The van der Waals surface area contributed by atoms with Gasteiger partial charge in [-0.2, -0.15) is 0 Å². The van der Waals surface area contributed by atoms with Crippen molar-refractivity contribution in [3.05, 3.63) is 47.7 Å². The van der Waals surface area contributed by atoms with Crippen LogP contribution in [0, 0.1) is 11.3 Å². The summed E-state index contributed by atoms with van der Waals surface area (Å²) < 4.78 is 11.1. The van der Waals surface area contributed by atoms with Gasteiger partial charge in [0.05, 0.1) is 23.4 Å². The number of hydrogen-bond donors (Lipinski definition) is 3. The van der Waals surface area contributed by atoms with Crippen molar-refractivity contribution in [2.75, 3.05) is 33.5 Å². The number of benzene rings is 1. The maximum Gasteiger partial charge on any atom is 0.325 e. The molecule has 248 valence electrons. The second-order valence-electron chi connectivity index (χ2n) is 13.0. The van der Waals surface area contributed by atoms with E-state index in [-0.39, 0.29) is 17.7 Å². The summed E-state index contributed by atoms with van der Waals surface area (Å²) in [6, 6.07) is 7.23. The number of hydrogen-bond acceptors (Lipinski definition) is 9. The Hall–Kier alpha value is -3.87. The first-order valence-electron chi connectivity index (χ1n) is 16.2. The molecule has 12 nitrogen and oxygen atoms in total. The highest BCUT2D eigenvalue weighted by Crippen LogP contribution is 2.35. The maximum atomic E-state index is 14.2. The van der Waals surface area contributed by atoms with Crippen LogP contribution in [0.25, 0.3) is 17.0 Å². The number of nitrogens with zero attached hydrogens (tertiary/aromatic N) is 3. The van der Waals surface area contributed by atoms with Crippen LogP contribution in [-0.4, -0.2) is 90.2 Å². The van der Waals surface area contributed by atoms with Crippen molar-refractivity contribution < 1.29 is 28.7 Å². The summed E-state index contributed by atoms with van der Waals surface area (Å²) in [6.07, 6.45) is 5.45. The molecule has 3 N–H and O–H groups in total. The maximum absolute atomic E-state index is 14.2. The molecule has 4 heterocycles. The number of methoxy groups -OCH3 is 1. The second kappa shape index (κ2) is 14.3. The Morgan fingerprint density at radius 1 is 1.04 bits per heavy atom. The number of fused-ring (bicyclic) bond motifs is 4. The first kappa shape index (κ1) is 33.5. The molecule has 2 aromatic rings. The number of rotatable bonds is 3. The van der Waals surface area contributed by atoms with E-state index in [1.807, 2.05) is 56.3 Å². The molecule has 1 aromatic heterocycles. The molecule has 1 spiro atoms. The summed E-state index contributed by atoms with van der Waals surface area (Å²) in [5.41, 5.74) is 4.35. The lowest BCUT2D eigenvalue weighted by atomic mass is 9.76. The Balaban J connectivity index is 1.52. The largest absolute Gasteiger partial charge is 0.455 e. The van der Waals surface area contributed by atoms with Gasteiger partial charge in [0.15, 0.2) is 0 Å². The van der Waals surface area contributed by atoms with Gasteiger partial charge in [-0.1, -0.05) is 44.2 Å². The third kappa shape index (κ3) is 7.40. The number of carbonyl (C=O) groups is 4. The van der Waals surface area contributed by atoms with Crippen LogP contribution in [0.5, 0.6) is 0 Å². The molecule has 12 heteroatoms. The molecule has 0 unspecified atom stereocenters. The molecule has 2 saturated heterocycles. The highest BCUT2D eigenvalue weighted by Gasteiger charge is 2.42. The van der Waals surface area contributed by atoms with Crippen LogP contribution in [0.1, 0.15) is 70.7 Å². The van der Waals surface area contributed by atoms with Crippen LogP contribution in [0.4, 0.5) is 0 Å². The quantitative estimate of drug-likeness (QED) is 0.435. The van der Waals surface area contributed by atoms with Gasteiger partial charge in [0, 0.05) is 32.1 Å². The second-order valence-corrected chi connectivity index (χ2v) is 13.0. The third-order valence-corrected chi connectivity index (χ3v) is 9.26. The van der Waals surface area contributed by atoms with E-state index in [0.29, 0.717) is 57.7 Å². The molecule has 4 atom stereocenters. The van der Waals surface area contributed by atoms with Gasteiger partial charge in [0.2, 0.25) is 11.8 Å². The lowest BCUT2D eigenvalue weighted by molar-refractivity contribution is -0.157. The molecule has 3 amide bonds. The summed E-state index contributed by atoms with van der Waals surface area (Å²) in [7, 11) is 1.65. The van der Waals surface area contributed by atoms with E-state index in [1.165, 1.54) is 5.01 Å². The number of likely N-dealkylation sites (tertiary alicyclic amines) is 1. The fourth-order valence-corrected chi connectivity index (χ4v) is 6.32. The first-order chi connectivity index (χ1) is 22.0. The Morgan fingerprint density at radius 3 is 2.50 bits per heavy atom. The van der Waals surface area contributed by atoms with Gasteiger partial charge in [-0.25, -0.2) is 10.4 Å². The molecular weight excluding hydrogens is 588 g/mol. The average molecular weight is 635 g/mol. The summed E-state index contributed by atoms with van der Waals surface area (Å²) in [5, 5.41) is 8.15. The first-order valence-corrected chi connectivity index (χ1v) is 16.2. The molecule has 0 aliphatic carbocycles. The van der Waals surface area contributed by atoms with Crippen LogP contribution < -0.4 is 16.1 Å². The van der Waals surface area contributed by atoms with Crippen molar-refractivity contribution in [2.24, 2.45) is 11.3 Å². The van der Waals surface area contributed by atoms with E-state index in [4.69, 9.17) is 14.5 Å². The summed E-state index contributed by atoms with van der Waals surface area (Å²) in [6.45, 7) is 9.27. The van der Waals surface area contributed by atoms with Crippen LogP contribution in [0.15, 0.2) is 36.4 Å². The summed E-state index contributed by atoms with van der Waals surface area (Å²) in [4.78, 5) is 61.3. The third-order valence-electron chi connectivity index (χ3n) is 9.26. The zero-order valence-electron chi connectivity index (χ0n) is 27.4. The zero-order chi connectivity index (χ0) is 33.0. The molecule has 5 bridgehead atoms. The van der Waals surface area contributed by atoms with Crippen molar-refractivity contribution in [1.82, 2.24) is 31.0 Å². The van der Waals surface area contributed by atoms with Gasteiger partial charge in [-0.3, -0.25) is 29.1 Å². The zero-order valence-corrected chi connectivity index (χ0v) is 27.4. The standard InChI is InChI=1S/C34H46N6O6/c1-21(2)29-30(41)35-22(3)31(42)40-16-6-7-27(38-40)32(43)46-23(4)26-11-10-25-9-8-24(19-28(25)36-26)12-13-34(33(44)37-29)14-17-39(18-15-34)20-45-5/h8-13,19,21-23,27,29,38H,6-7,14-18,20H2,1-5H3,(H,35,41)(H,37,44)/b13-12+/t22-,23+,27-,29-/m0/s1. The fraction of sp³-hybridized carbons (Fsp3) is 0.559. The number of carbonyl (C=O) groups excluding carboxylic acids is 4. The predicted molar refractivity (Wildman–Crippen MR) is 173 cm³/mol. The van der Waals surface area contributed by atoms with Gasteiger partial charge in [0.25, 0.3) is 5.91 Å². The molecule has 1 aromatic carbocycles. The minimum atomic E-state index is -0.894. The smallest absolute Gasteiger partial charge is 0.325 e. The highest BCUT2D eigenvalue weighted by atomic mass is 16.5. The van der Waals surface area contributed by atoms with E-state index in [2.05, 4.69) is 21.0 Å². The van der Waals surface area contributed by atoms with Crippen molar-refractivity contribution >= 4 is 40.7 Å². The van der Waals surface area contributed by atoms with E-state index in [9.17, 15) is 19.2 Å². The van der Waals surface area contributed by atoms with Gasteiger partial charge >= 0.3 is 5.97 Å². The van der Waals surface area contributed by atoms with Gasteiger partial charge < -0.3 is 20.1 Å². The van der Waals surface area contributed by atoms with Crippen molar-refractivity contribution in [1.29, 1.82) is 0 Å². The van der Waals surface area contributed by atoms with Crippen molar-refractivity contribution in [2.45, 2.75) is 77.6 Å². The van der Waals surface area contributed by atoms with Crippen molar-refractivity contribution in [3.8, 4) is 0 Å². The molecule has 3 aliphatic rings. The van der Waals surface area contributed by atoms with E-state index in [0.717, 1.165) is 16.5 Å². The number of ether oxygens (including phenoxy) is 2. The average Bonchev–Trinajstić information content (AvgIpc) is 3.05. The van der Waals surface area contributed by atoms with Crippen LogP contribution in [0.3, 0.4) is 0 Å². The molecule has 0 saturated carbocycles. The Morgan fingerprint density at radius 2 is 1.78 bits per heavy atom. The fourth-order valence-electron chi connectivity index (χ4n) is 6.32. The van der Waals surface area contributed by atoms with Gasteiger partial charge in [-0.15, -0.1) is 0 Å². The number of amides is 3. The molecule has 3 aliphatic heterocycles. The van der Waals surface area contributed by atoms with Gasteiger partial charge in [-0.05, 0) is 63.1 Å². The molecule has 2 fully saturated rings. The molecule has 0 radical (unpaired) electrons. The lowest BCUT2D eigenvalue weighted by Gasteiger charge is -2.39. The summed E-state index contributed by atoms with van der Waals surface area (Å²) in [5.74, 6) is -1.77. The minimum absolute atomic E-state index is 0.231.